The standard InChI is InChI=1S/C20H20BrNO4/c1-3-25-18-7-5-4-6-17(18)22-20(24)14(2)26-19(23)13-10-15-8-11-16(21)12-9-15/h4-14H,3H2,1-2H3,(H,22,24)/b13-10+/t14-/m0/s1. The van der Waals surface area contributed by atoms with Crippen LogP contribution >= 0.6 is 15.9 Å². The first kappa shape index (κ1) is 19.7. The number of halogens is 1. The molecule has 136 valence electrons. The van der Waals surface area contributed by atoms with Crippen molar-refractivity contribution >= 4 is 39.6 Å². The number of ether oxygens (including phenoxy) is 2. The van der Waals surface area contributed by atoms with Crippen LogP contribution in [0.4, 0.5) is 5.69 Å². The van der Waals surface area contributed by atoms with Crippen molar-refractivity contribution in [2.45, 2.75) is 20.0 Å². The third kappa shape index (κ3) is 6.04. The van der Waals surface area contributed by atoms with E-state index in [-0.39, 0.29) is 0 Å². The molecule has 0 bridgehead atoms. The summed E-state index contributed by atoms with van der Waals surface area (Å²) in [5.74, 6) is -0.451. The predicted molar refractivity (Wildman–Crippen MR) is 105 cm³/mol. The van der Waals surface area contributed by atoms with Crippen molar-refractivity contribution in [3.05, 3.63) is 64.6 Å². The van der Waals surface area contributed by atoms with Crippen LogP contribution in [0, 0.1) is 0 Å². The lowest BCUT2D eigenvalue weighted by Gasteiger charge is -2.15. The first-order valence-electron chi connectivity index (χ1n) is 8.16. The van der Waals surface area contributed by atoms with E-state index in [2.05, 4.69) is 21.2 Å². The van der Waals surface area contributed by atoms with Crippen molar-refractivity contribution in [3.8, 4) is 5.75 Å². The van der Waals surface area contributed by atoms with Crippen LogP contribution in [-0.4, -0.2) is 24.6 Å². The van der Waals surface area contributed by atoms with Gasteiger partial charge in [0.2, 0.25) is 0 Å². The van der Waals surface area contributed by atoms with Gasteiger partial charge in [-0.05, 0) is 49.8 Å². The van der Waals surface area contributed by atoms with Crippen molar-refractivity contribution in [3.63, 3.8) is 0 Å². The van der Waals surface area contributed by atoms with Crippen molar-refractivity contribution in [1.82, 2.24) is 0 Å². The number of hydrogen-bond donors (Lipinski definition) is 1. The van der Waals surface area contributed by atoms with E-state index in [4.69, 9.17) is 9.47 Å². The molecule has 5 nitrogen and oxygen atoms in total. The number of amides is 1. The molecule has 0 aliphatic rings. The summed E-state index contributed by atoms with van der Waals surface area (Å²) >= 11 is 3.35. The number of rotatable bonds is 7. The quantitative estimate of drug-likeness (QED) is 0.534. The molecule has 1 amide bonds. The van der Waals surface area contributed by atoms with E-state index in [1.807, 2.05) is 37.3 Å². The summed E-state index contributed by atoms with van der Waals surface area (Å²) in [6.07, 6.45) is 1.98. The fraction of sp³-hybridized carbons (Fsp3) is 0.200. The Morgan fingerprint density at radius 2 is 1.85 bits per heavy atom. The molecular formula is C20H20BrNO4. The van der Waals surface area contributed by atoms with Crippen molar-refractivity contribution in [2.75, 3.05) is 11.9 Å². The van der Waals surface area contributed by atoms with Crippen LogP contribution in [0.3, 0.4) is 0 Å². The highest BCUT2D eigenvalue weighted by molar-refractivity contribution is 9.10. The summed E-state index contributed by atoms with van der Waals surface area (Å²) in [6.45, 7) is 3.86. The smallest absolute Gasteiger partial charge is 0.331 e. The van der Waals surface area contributed by atoms with Gasteiger partial charge >= 0.3 is 5.97 Å². The van der Waals surface area contributed by atoms with Crippen molar-refractivity contribution < 1.29 is 19.1 Å². The molecule has 26 heavy (non-hydrogen) atoms. The van der Waals surface area contributed by atoms with Crippen LogP contribution in [0.1, 0.15) is 19.4 Å². The van der Waals surface area contributed by atoms with Gasteiger partial charge in [0.1, 0.15) is 5.75 Å². The number of benzene rings is 2. The Kier molecular flexibility index (Phi) is 7.41. The first-order chi connectivity index (χ1) is 12.5. The average molecular weight is 418 g/mol. The van der Waals surface area contributed by atoms with Crippen LogP contribution < -0.4 is 10.1 Å². The summed E-state index contributed by atoms with van der Waals surface area (Å²) in [6, 6.07) is 14.5. The third-order valence-corrected chi connectivity index (χ3v) is 3.92. The van der Waals surface area contributed by atoms with E-state index < -0.39 is 18.0 Å². The average Bonchev–Trinajstić information content (AvgIpc) is 2.63. The highest BCUT2D eigenvalue weighted by atomic mass is 79.9. The second-order valence-corrected chi connectivity index (χ2v) is 6.30. The van der Waals surface area contributed by atoms with Crippen LogP contribution in [0.25, 0.3) is 6.08 Å². The van der Waals surface area contributed by atoms with Crippen LogP contribution in [0.5, 0.6) is 5.75 Å². The van der Waals surface area contributed by atoms with Crippen LogP contribution in [0.2, 0.25) is 0 Å². The fourth-order valence-corrected chi connectivity index (χ4v) is 2.36. The molecule has 0 aliphatic heterocycles. The number of esters is 1. The maximum atomic E-state index is 12.2. The molecule has 0 radical (unpaired) electrons. The summed E-state index contributed by atoms with van der Waals surface area (Å²) in [4.78, 5) is 24.1. The number of anilines is 1. The van der Waals surface area contributed by atoms with Crippen LogP contribution in [-0.2, 0) is 14.3 Å². The zero-order chi connectivity index (χ0) is 18.9. The lowest BCUT2D eigenvalue weighted by Crippen LogP contribution is -2.29. The minimum Gasteiger partial charge on any atom is -0.492 e. The third-order valence-electron chi connectivity index (χ3n) is 3.39. The molecule has 0 aromatic heterocycles. The minimum atomic E-state index is -0.938. The molecular weight excluding hydrogens is 398 g/mol. The molecule has 2 aromatic carbocycles. The predicted octanol–water partition coefficient (Wildman–Crippen LogP) is 4.43. The molecule has 0 unspecified atom stereocenters. The van der Waals surface area contributed by atoms with E-state index in [1.54, 1.807) is 24.3 Å². The molecule has 6 heteroatoms. The first-order valence-corrected chi connectivity index (χ1v) is 8.96. The van der Waals surface area contributed by atoms with Gasteiger partial charge in [-0.1, -0.05) is 40.2 Å². The maximum Gasteiger partial charge on any atom is 0.331 e. The van der Waals surface area contributed by atoms with E-state index in [9.17, 15) is 9.59 Å². The largest absolute Gasteiger partial charge is 0.492 e. The highest BCUT2D eigenvalue weighted by Crippen LogP contribution is 2.23. The Bertz CT molecular complexity index is 787. The maximum absolute atomic E-state index is 12.2. The molecule has 0 fully saturated rings. The van der Waals surface area contributed by atoms with E-state index in [1.165, 1.54) is 13.0 Å². The number of para-hydroxylation sites is 2. The molecule has 1 N–H and O–H groups in total. The van der Waals surface area contributed by atoms with Gasteiger partial charge in [-0.25, -0.2) is 4.79 Å². The summed E-state index contributed by atoms with van der Waals surface area (Å²) in [5, 5.41) is 2.71. The molecule has 0 heterocycles. The number of carbonyl (C=O) groups excluding carboxylic acids is 2. The lowest BCUT2D eigenvalue weighted by atomic mass is 10.2. The second-order valence-electron chi connectivity index (χ2n) is 5.38. The van der Waals surface area contributed by atoms with Gasteiger partial charge < -0.3 is 14.8 Å². The topological polar surface area (TPSA) is 64.6 Å². The summed E-state index contributed by atoms with van der Waals surface area (Å²) in [7, 11) is 0. The zero-order valence-electron chi connectivity index (χ0n) is 14.6. The molecule has 0 aliphatic carbocycles. The molecule has 1 atom stereocenters. The molecule has 0 saturated heterocycles. The SMILES string of the molecule is CCOc1ccccc1NC(=O)[C@H](C)OC(=O)/C=C/c1ccc(Br)cc1. The zero-order valence-corrected chi connectivity index (χ0v) is 16.2. The number of hydrogen-bond acceptors (Lipinski definition) is 4. The second kappa shape index (κ2) is 9.77. The van der Waals surface area contributed by atoms with Crippen molar-refractivity contribution in [2.24, 2.45) is 0 Å². The van der Waals surface area contributed by atoms with Gasteiger partial charge in [0.25, 0.3) is 5.91 Å². The molecule has 0 spiro atoms. The Labute approximate surface area is 161 Å². The van der Waals surface area contributed by atoms with Gasteiger partial charge in [-0.3, -0.25) is 4.79 Å². The van der Waals surface area contributed by atoms with Gasteiger partial charge in [-0.2, -0.15) is 0 Å². The Hall–Kier alpha value is -2.60. The van der Waals surface area contributed by atoms with Gasteiger partial charge in [-0.15, -0.1) is 0 Å². The number of nitrogens with one attached hydrogen (secondary N) is 1. The van der Waals surface area contributed by atoms with Crippen LogP contribution in [0.15, 0.2) is 59.1 Å². The normalized spacial score (nSPS) is 11.8. The van der Waals surface area contributed by atoms with E-state index in [0.29, 0.717) is 18.0 Å². The lowest BCUT2D eigenvalue weighted by molar-refractivity contribution is -0.148. The highest BCUT2D eigenvalue weighted by Gasteiger charge is 2.18. The summed E-state index contributed by atoms with van der Waals surface area (Å²) in [5.41, 5.74) is 1.39. The van der Waals surface area contributed by atoms with Gasteiger partial charge in [0.05, 0.1) is 12.3 Å². The summed E-state index contributed by atoms with van der Waals surface area (Å²) < 4.78 is 11.6. The Balaban J connectivity index is 1.92. The molecule has 0 saturated carbocycles. The van der Waals surface area contributed by atoms with E-state index >= 15 is 0 Å². The Morgan fingerprint density at radius 1 is 1.15 bits per heavy atom. The minimum absolute atomic E-state index is 0.428. The monoisotopic (exact) mass is 417 g/mol. The van der Waals surface area contributed by atoms with Gasteiger partial charge in [0.15, 0.2) is 6.10 Å². The van der Waals surface area contributed by atoms with Gasteiger partial charge in [0, 0.05) is 10.5 Å². The van der Waals surface area contributed by atoms with E-state index in [0.717, 1.165) is 10.0 Å². The number of carbonyl (C=O) groups is 2. The molecule has 2 aromatic rings. The fourth-order valence-electron chi connectivity index (χ4n) is 2.09. The van der Waals surface area contributed by atoms with Crippen molar-refractivity contribution in [1.29, 1.82) is 0 Å². The molecule has 2 rings (SSSR count). The Morgan fingerprint density at radius 3 is 2.54 bits per heavy atom.